The Kier molecular flexibility index (Phi) is 4.16. The maximum atomic E-state index is 13.1. The number of rotatable bonds is 3. The third-order valence-electron chi connectivity index (χ3n) is 3.37. The van der Waals surface area contributed by atoms with Crippen LogP contribution in [0.1, 0.15) is 35.3 Å². The van der Waals surface area contributed by atoms with Crippen molar-refractivity contribution in [1.82, 2.24) is 0 Å². The minimum absolute atomic E-state index is 0.294. The molecule has 0 amide bonds. The van der Waals surface area contributed by atoms with Crippen LogP contribution in [0.15, 0.2) is 42.5 Å². The predicted molar refractivity (Wildman–Crippen MR) is 76.3 cm³/mol. The van der Waals surface area contributed by atoms with E-state index in [0.29, 0.717) is 5.56 Å². The van der Waals surface area contributed by atoms with Crippen LogP contribution in [0.25, 0.3) is 11.1 Å². The van der Waals surface area contributed by atoms with Crippen LogP contribution in [0.5, 0.6) is 0 Å². The van der Waals surface area contributed by atoms with Gasteiger partial charge in [-0.05, 0) is 36.1 Å². The van der Waals surface area contributed by atoms with Gasteiger partial charge in [-0.15, -0.1) is 0 Å². The Morgan fingerprint density at radius 2 is 1.71 bits per heavy atom. The first-order chi connectivity index (χ1) is 9.82. The Labute approximate surface area is 121 Å². The molecule has 0 fully saturated rings. The lowest BCUT2D eigenvalue weighted by Gasteiger charge is -2.13. The molecule has 1 nitrogen and oxygen atoms in total. The molecule has 0 aromatic heterocycles. The van der Waals surface area contributed by atoms with Gasteiger partial charge in [0.2, 0.25) is 0 Å². The third kappa shape index (κ3) is 3.32. The number of carbonyl (C=O) groups is 1. The number of benzene rings is 2. The summed E-state index contributed by atoms with van der Waals surface area (Å²) in [6, 6.07) is 11.2. The van der Waals surface area contributed by atoms with E-state index in [2.05, 4.69) is 0 Å². The zero-order valence-corrected chi connectivity index (χ0v) is 11.8. The number of carbonyl (C=O) groups excluding carboxylic acids is 1. The molecule has 0 aliphatic rings. The number of hydrogen-bond acceptors (Lipinski definition) is 1. The summed E-state index contributed by atoms with van der Waals surface area (Å²) in [5.41, 5.74) is 1.06. The van der Waals surface area contributed by atoms with E-state index < -0.39 is 17.5 Å². The Balaban J connectivity index is 2.58. The standard InChI is InChI=1S/C17H15F3O/c1-3-12-5-4-6-13(9-12)14-7-8-15(11(2)21)16(10-14)17(18,19)20/h4-10H,3H2,1-2H3. The van der Waals surface area contributed by atoms with Crippen LogP contribution in [0.2, 0.25) is 0 Å². The average Bonchev–Trinajstić information content (AvgIpc) is 2.45. The molecule has 21 heavy (non-hydrogen) atoms. The molecule has 110 valence electrons. The number of ketones is 1. The van der Waals surface area contributed by atoms with Crippen molar-refractivity contribution in [1.29, 1.82) is 0 Å². The number of alkyl halides is 3. The number of Topliss-reactive ketones (excluding diaryl/α,β-unsaturated/α-hetero) is 1. The van der Waals surface area contributed by atoms with Crippen LogP contribution in [-0.4, -0.2) is 5.78 Å². The Morgan fingerprint density at radius 1 is 1.05 bits per heavy atom. The van der Waals surface area contributed by atoms with Crippen molar-refractivity contribution in [2.24, 2.45) is 0 Å². The lowest BCUT2D eigenvalue weighted by atomic mass is 9.96. The summed E-state index contributed by atoms with van der Waals surface area (Å²) >= 11 is 0. The molecular weight excluding hydrogens is 277 g/mol. The Bertz CT molecular complexity index is 672. The van der Waals surface area contributed by atoms with E-state index in [4.69, 9.17) is 0 Å². The van der Waals surface area contributed by atoms with Crippen molar-refractivity contribution in [3.05, 3.63) is 59.2 Å². The van der Waals surface area contributed by atoms with Gasteiger partial charge in [0, 0.05) is 5.56 Å². The highest BCUT2D eigenvalue weighted by atomic mass is 19.4. The zero-order valence-electron chi connectivity index (χ0n) is 11.8. The van der Waals surface area contributed by atoms with Gasteiger partial charge in [-0.2, -0.15) is 13.2 Å². The van der Waals surface area contributed by atoms with Gasteiger partial charge in [0.05, 0.1) is 5.56 Å². The van der Waals surface area contributed by atoms with Gasteiger partial charge in [0.25, 0.3) is 0 Å². The van der Waals surface area contributed by atoms with Gasteiger partial charge in [-0.3, -0.25) is 4.79 Å². The first-order valence-electron chi connectivity index (χ1n) is 6.64. The predicted octanol–water partition coefficient (Wildman–Crippen LogP) is 5.14. The molecule has 0 aliphatic carbocycles. The highest BCUT2D eigenvalue weighted by Crippen LogP contribution is 2.35. The van der Waals surface area contributed by atoms with Crippen LogP contribution in [0, 0.1) is 0 Å². The minimum atomic E-state index is -4.54. The normalized spacial score (nSPS) is 11.5. The SMILES string of the molecule is CCc1cccc(-c2ccc(C(C)=O)c(C(F)(F)F)c2)c1. The lowest BCUT2D eigenvalue weighted by Crippen LogP contribution is -2.11. The number of halogens is 3. The number of hydrogen-bond donors (Lipinski definition) is 0. The van der Waals surface area contributed by atoms with E-state index >= 15 is 0 Å². The first kappa shape index (κ1) is 15.3. The molecule has 0 radical (unpaired) electrons. The molecule has 2 aromatic carbocycles. The van der Waals surface area contributed by atoms with Crippen molar-refractivity contribution < 1.29 is 18.0 Å². The summed E-state index contributed by atoms with van der Waals surface area (Å²) in [5.74, 6) is -0.587. The van der Waals surface area contributed by atoms with Crippen LogP contribution in [0.4, 0.5) is 13.2 Å². The quantitative estimate of drug-likeness (QED) is 0.716. The van der Waals surface area contributed by atoms with Crippen molar-refractivity contribution in [3.63, 3.8) is 0 Å². The van der Waals surface area contributed by atoms with Crippen LogP contribution in [-0.2, 0) is 12.6 Å². The largest absolute Gasteiger partial charge is 0.417 e. The van der Waals surface area contributed by atoms with E-state index in [-0.39, 0.29) is 5.56 Å². The van der Waals surface area contributed by atoms with Crippen LogP contribution in [0.3, 0.4) is 0 Å². The minimum Gasteiger partial charge on any atom is -0.294 e. The molecule has 0 heterocycles. The molecule has 2 aromatic rings. The van der Waals surface area contributed by atoms with Gasteiger partial charge in [-0.25, -0.2) is 0 Å². The second-order valence-corrected chi connectivity index (χ2v) is 4.87. The molecule has 0 bridgehead atoms. The van der Waals surface area contributed by atoms with E-state index in [0.717, 1.165) is 30.5 Å². The zero-order chi connectivity index (χ0) is 15.6. The summed E-state index contributed by atoms with van der Waals surface area (Å²) in [4.78, 5) is 11.4. The fourth-order valence-corrected chi connectivity index (χ4v) is 2.24. The molecule has 0 saturated heterocycles. The van der Waals surface area contributed by atoms with Gasteiger partial charge in [0.1, 0.15) is 0 Å². The molecule has 0 N–H and O–H groups in total. The lowest BCUT2D eigenvalue weighted by molar-refractivity contribution is -0.137. The molecule has 4 heteroatoms. The summed E-state index contributed by atoms with van der Waals surface area (Å²) in [5, 5.41) is 0. The fraction of sp³-hybridized carbons (Fsp3) is 0.235. The molecule has 0 saturated carbocycles. The smallest absolute Gasteiger partial charge is 0.294 e. The fourth-order valence-electron chi connectivity index (χ4n) is 2.24. The third-order valence-corrected chi connectivity index (χ3v) is 3.37. The van der Waals surface area contributed by atoms with Crippen molar-refractivity contribution in [2.45, 2.75) is 26.4 Å². The van der Waals surface area contributed by atoms with E-state index in [1.54, 1.807) is 12.1 Å². The van der Waals surface area contributed by atoms with E-state index in [1.807, 2.05) is 25.1 Å². The number of aryl methyl sites for hydroxylation is 1. The topological polar surface area (TPSA) is 17.1 Å². The van der Waals surface area contributed by atoms with Gasteiger partial charge >= 0.3 is 6.18 Å². The Morgan fingerprint density at radius 3 is 2.29 bits per heavy atom. The first-order valence-corrected chi connectivity index (χ1v) is 6.64. The second-order valence-electron chi connectivity index (χ2n) is 4.87. The average molecular weight is 292 g/mol. The molecular formula is C17H15F3O. The monoisotopic (exact) mass is 292 g/mol. The molecule has 0 atom stereocenters. The summed E-state index contributed by atoms with van der Waals surface area (Å²) in [6.07, 6.45) is -3.73. The van der Waals surface area contributed by atoms with Gasteiger partial charge in [0.15, 0.2) is 5.78 Å². The maximum absolute atomic E-state index is 13.1. The molecule has 0 unspecified atom stereocenters. The summed E-state index contributed by atoms with van der Waals surface area (Å²) in [6.45, 7) is 3.13. The molecule has 0 spiro atoms. The van der Waals surface area contributed by atoms with Crippen molar-refractivity contribution in [2.75, 3.05) is 0 Å². The van der Waals surface area contributed by atoms with Crippen LogP contribution < -0.4 is 0 Å². The van der Waals surface area contributed by atoms with E-state index in [1.165, 1.54) is 6.07 Å². The van der Waals surface area contributed by atoms with Crippen molar-refractivity contribution in [3.8, 4) is 11.1 Å². The van der Waals surface area contributed by atoms with Crippen LogP contribution >= 0.6 is 0 Å². The molecule has 2 rings (SSSR count). The molecule has 0 aliphatic heterocycles. The highest BCUT2D eigenvalue weighted by molar-refractivity contribution is 5.96. The summed E-state index contributed by atoms with van der Waals surface area (Å²) < 4.78 is 39.3. The maximum Gasteiger partial charge on any atom is 0.417 e. The van der Waals surface area contributed by atoms with Crippen molar-refractivity contribution >= 4 is 5.78 Å². The Hall–Kier alpha value is -2.10. The van der Waals surface area contributed by atoms with Gasteiger partial charge in [-0.1, -0.05) is 43.3 Å². The van der Waals surface area contributed by atoms with E-state index in [9.17, 15) is 18.0 Å². The second kappa shape index (κ2) is 5.72. The summed E-state index contributed by atoms with van der Waals surface area (Å²) in [7, 11) is 0. The van der Waals surface area contributed by atoms with Gasteiger partial charge < -0.3 is 0 Å². The highest BCUT2D eigenvalue weighted by Gasteiger charge is 2.34.